The first-order chi connectivity index (χ1) is 12.0. The molecule has 2 amide bonds. The number of primary amides is 2. The average Bonchev–Trinajstić information content (AvgIpc) is 2.59. The number of carbonyl (C=O) groups is 2. The summed E-state index contributed by atoms with van der Waals surface area (Å²) in [7, 11) is 0. The van der Waals surface area contributed by atoms with Gasteiger partial charge in [0.15, 0.2) is 0 Å². The first-order valence-corrected chi connectivity index (χ1v) is 7.20. The number of anilines is 3. The zero-order valence-electron chi connectivity index (χ0n) is 12.9. The van der Waals surface area contributed by atoms with Gasteiger partial charge in [-0.1, -0.05) is 0 Å². The summed E-state index contributed by atoms with van der Waals surface area (Å²) in [4.78, 5) is 38.9. The van der Waals surface area contributed by atoms with Crippen LogP contribution in [0.1, 0.15) is 10.4 Å². The number of nitrogens with two attached hydrogens (primary N) is 2. The van der Waals surface area contributed by atoms with Gasteiger partial charge in [0.25, 0.3) is 5.91 Å². The Bertz CT molecular complexity index is 959. The van der Waals surface area contributed by atoms with Crippen LogP contribution in [0.2, 0.25) is 0 Å². The maximum atomic E-state index is 11.6. The fourth-order valence-electron chi connectivity index (χ4n) is 2.09. The van der Waals surface area contributed by atoms with Crippen molar-refractivity contribution >= 4 is 40.3 Å². The van der Waals surface area contributed by atoms with Crippen LogP contribution in [0.15, 0.2) is 36.8 Å². The Labute approximate surface area is 141 Å². The van der Waals surface area contributed by atoms with Crippen LogP contribution in [-0.2, 0) is 4.79 Å². The predicted molar refractivity (Wildman–Crippen MR) is 91.1 cm³/mol. The molecular weight excluding hydrogens is 324 g/mol. The van der Waals surface area contributed by atoms with E-state index in [1.165, 1.54) is 6.20 Å². The summed E-state index contributed by atoms with van der Waals surface area (Å²) < 4.78 is 0. The predicted octanol–water partition coefficient (Wildman–Crippen LogP) is 0.159. The molecule has 0 fully saturated rings. The van der Waals surface area contributed by atoms with Crippen molar-refractivity contribution in [3.63, 3.8) is 0 Å². The van der Waals surface area contributed by atoms with Crippen LogP contribution >= 0.6 is 0 Å². The smallest absolute Gasteiger partial charge is 0.254 e. The minimum atomic E-state index is -0.690. The van der Waals surface area contributed by atoms with E-state index in [-0.39, 0.29) is 23.9 Å². The van der Waals surface area contributed by atoms with E-state index in [4.69, 9.17) is 11.5 Å². The van der Waals surface area contributed by atoms with Crippen molar-refractivity contribution < 1.29 is 9.59 Å². The average molecular weight is 338 g/mol. The normalized spacial score (nSPS) is 10.4. The van der Waals surface area contributed by atoms with E-state index in [0.717, 1.165) is 5.52 Å². The molecule has 25 heavy (non-hydrogen) atoms. The zero-order chi connectivity index (χ0) is 17.8. The molecule has 6 N–H and O–H groups in total. The molecule has 2 heterocycles. The molecule has 1 aromatic carbocycles. The molecule has 3 rings (SSSR count). The van der Waals surface area contributed by atoms with E-state index in [0.29, 0.717) is 11.2 Å². The number of aromatic nitrogens is 4. The highest BCUT2D eigenvalue weighted by molar-refractivity contribution is 5.98. The second-order valence-corrected chi connectivity index (χ2v) is 5.02. The van der Waals surface area contributed by atoms with Gasteiger partial charge in [-0.2, -0.15) is 4.98 Å². The van der Waals surface area contributed by atoms with E-state index in [1.807, 2.05) is 0 Å². The van der Waals surface area contributed by atoms with Crippen LogP contribution < -0.4 is 22.1 Å². The minimum absolute atomic E-state index is 0.101. The number of hydrogen-bond donors (Lipinski definition) is 4. The third-order valence-electron chi connectivity index (χ3n) is 3.21. The summed E-state index contributed by atoms with van der Waals surface area (Å²) in [6, 6.07) is 5.30. The fourth-order valence-corrected chi connectivity index (χ4v) is 2.09. The van der Waals surface area contributed by atoms with E-state index in [9.17, 15) is 9.59 Å². The van der Waals surface area contributed by atoms with Crippen molar-refractivity contribution in [1.82, 2.24) is 19.9 Å². The highest BCUT2D eigenvalue weighted by atomic mass is 16.1. The highest BCUT2D eigenvalue weighted by Crippen LogP contribution is 2.22. The second kappa shape index (κ2) is 6.74. The number of amides is 2. The summed E-state index contributed by atoms with van der Waals surface area (Å²) >= 11 is 0. The molecule has 0 saturated carbocycles. The lowest BCUT2D eigenvalue weighted by Crippen LogP contribution is -2.23. The second-order valence-electron chi connectivity index (χ2n) is 5.02. The number of fused-ring (bicyclic) bond motifs is 1. The van der Waals surface area contributed by atoms with Crippen molar-refractivity contribution in [2.75, 3.05) is 17.2 Å². The quantitative estimate of drug-likeness (QED) is 0.494. The van der Waals surface area contributed by atoms with Crippen molar-refractivity contribution in [3.05, 3.63) is 42.4 Å². The third kappa shape index (κ3) is 3.75. The van der Waals surface area contributed by atoms with Crippen LogP contribution in [-0.4, -0.2) is 38.3 Å². The molecular formula is C15H14N8O2. The first-order valence-electron chi connectivity index (χ1n) is 7.20. The summed E-state index contributed by atoms with van der Waals surface area (Å²) in [5.74, 6) is -0.931. The fraction of sp³-hybridized carbons (Fsp3) is 0.0667. The van der Waals surface area contributed by atoms with Gasteiger partial charge >= 0.3 is 0 Å². The Morgan fingerprint density at radius 2 is 1.80 bits per heavy atom. The van der Waals surface area contributed by atoms with Crippen LogP contribution in [0.3, 0.4) is 0 Å². The molecule has 3 aromatic rings. The monoisotopic (exact) mass is 338 g/mol. The van der Waals surface area contributed by atoms with Crippen molar-refractivity contribution in [3.8, 4) is 0 Å². The van der Waals surface area contributed by atoms with Crippen LogP contribution in [0.5, 0.6) is 0 Å². The van der Waals surface area contributed by atoms with E-state index in [2.05, 4.69) is 30.6 Å². The molecule has 0 saturated heterocycles. The first kappa shape index (κ1) is 16.1. The molecule has 2 aromatic heterocycles. The summed E-state index contributed by atoms with van der Waals surface area (Å²) in [6.07, 6.45) is 4.45. The lowest BCUT2D eigenvalue weighted by atomic mass is 10.2. The number of hydrogen-bond acceptors (Lipinski definition) is 8. The Morgan fingerprint density at radius 1 is 1.04 bits per heavy atom. The molecule has 0 aliphatic heterocycles. The molecule has 0 aliphatic rings. The Hall–Kier alpha value is -3.82. The van der Waals surface area contributed by atoms with Crippen LogP contribution in [0.4, 0.5) is 17.5 Å². The topological polar surface area (TPSA) is 162 Å². The zero-order valence-corrected chi connectivity index (χ0v) is 12.9. The number of rotatable bonds is 6. The largest absolute Gasteiger partial charge is 0.368 e. The molecule has 0 atom stereocenters. The molecule has 0 radical (unpaired) electrons. The van der Waals surface area contributed by atoms with E-state index >= 15 is 0 Å². The summed E-state index contributed by atoms with van der Waals surface area (Å²) in [5, 5.41) is 5.65. The Kier molecular flexibility index (Phi) is 4.33. The van der Waals surface area contributed by atoms with E-state index < -0.39 is 11.8 Å². The van der Waals surface area contributed by atoms with Gasteiger partial charge in [0.1, 0.15) is 11.4 Å². The van der Waals surface area contributed by atoms with Crippen molar-refractivity contribution in [2.24, 2.45) is 11.5 Å². The number of benzene rings is 1. The third-order valence-corrected chi connectivity index (χ3v) is 3.21. The van der Waals surface area contributed by atoms with Crippen LogP contribution in [0.25, 0.3) is 11.0 Å². The Balaban J connectivity index is 1.93. The van der Waals surface area contributed by atoms with Gasteiger partial charge in [0.05, 0.1) is 17.6 Å². The van der Waals surface area contributed by atoms with Crippen molar-refractivity contribution in [2.45, 2.75) is 0 Å². The maximum absolute atomic E-state index is 11.6. The lowest BCUT2D eigenvalue weighted by molar-refractivity contribution is -0.116. The molecule has 10 heteroatoms. The van der Waals surface area contributed by atoms with Gasteiger partial charge in [-0.3, -0.25) is 19.6 Å². The molecule has 0 bridgehead atoms. The maximum Gasteiger partial charge on any atom is 0.254 e. The molecule has 0 spiro atoms. The lowest BCUT2D eigenvalue weighted by Gasteiger charge is -2.11. The van der Waals surface area contributed by atoms with Gasteiger partial charge in [0.2, 0.25) is 11.9 Å². The standard InChI is InChI=1S/C15H14N8O2/c16-12(24)7-21-15-20-6-9(13(17)25)14(23-15)22-8-1-2-10-11(5-8)19-4-3-18-10/h1-6H,7H2,(H2,16,24)(H2,17,25)(H2,20,21,22,23). The minimum Gasteiger partial charge on any atom is -0.368 e. The molecule has 0 aliphatic carbocycles. The van der Waals surface area contributed by atoms with Crippen molar-refractivity contribution in [1.29, 1.82) is 0 Å². The van der Waals surface area contributed by atoms with Crippen LogP contribution in [0, 0.1) is 0 Å². The molecule has 0 unspecified atom stereocenters. The molecule has 10 nitrogen and oxygen atoms in total. The number of nitrogens with one attached hydrogen (secondary N) is 2. The van der Waals surface area contributed by atoms with Gasteiger partial charge < -0.3 is 22.1 Å². The highest BCUT2D eigenvalue weighted by Gasteiger charge is 2.13. The Morgan fingerprint density at radius 3 is 2.52 bits per heavy atom. The summed E-state index contributed by atoms with van der Waals surface area (Å²) in [5.41, 5.74) is 12.6. The van der Waals surface area contributed by atoms with Gasteiger partial charge in [-0.15, -0.1) is 0 Å². The van der Waals surface area contributed by atoms with Gasteiger partial charge in [-0.25, -0.2) is 4.98 Å². The van der Waals surface area contributed by atoms with Gasteiger partial charge in [-0.05, 0) is 18.2 Å². The number of carbonyl (C=O) groups excluding carboxylic acids is 2. The molecule has 126 valence electrons. The number of nitrogens with zero attached hydrogens (tertiary/aromatic N) is 4. The van der Waals surface area contributed by atoms with E-state index in [1.54, 1.807) is 30.6 Å². The van der Waals surface area contributed by atoms with Gasteiger partial charge in [0, 0.05) is 24.3 Å². The SMILES string of the molecule is NC(=O)CNc1ncc(C(N)=O)c(Nc2ccc3nccnc3c2)n1. The summed E-state index contributed by atoms with van der Waals surface area (Å²) in [6.45, 7) is -0.138.